The number of hydrogen-bond acceptors (Lipinski definition) is 3. The van der Waals surface area contributed by atoms with Crippen LogP contribution in [0, 0.1) is 13.8 Å². The minimum atomic E-state index is 0.834. The molecule has 3 nitrogen and oxygen atoms in total. The zero-order valence-corrected chi connectivity index (χ0v) is 7.57. The second-order valence-corrected chi connectivity index (χ2v) is 2.95. The summed E-state index contributed by atoms with van der Waals surface area (Å²) in [4.78, 5) is 12.3. The van der Waals surface area contributed by atoms with Crippen molar-refractivity contribution in [3.8, 4) is 0 Å². The van der Waals surface area contributed by atoms with Gasteiger partial charge in [-0.2, -0.15) is 4.99 Å². The fourth-order valence-electron chi connectivity index (χ4n) is 1.19. The summed E-state index contributed by atoms with van der Waals surface area (Å²) >= 11 is 0. The van der Waals surface area contributed by atoms with Crippen molar-refractivity contribution < 1.29 is 0 Å². The van der Waals surface area contributed by atoms with Crippen LogP contribution in [0.1, 0.15) is 16.8 Å². The highest BCUT2D eigenvalue weighted by Gasteiger charge is 2.06. The van der Waals surface area contributed by atoms with Gasteiger partial charge in [-0.3, -0.25) is 4.98 Å². The average molecular weight is 171 g/mol. The van der Waals surface area contributed by atoms with E-state index in [1.54, 1.807) is 6.08 Å². The number of aliphatic imine (C=N–C) groups is 2. The van der Waals surface area contributed by atoms with Gasteiger partial charge in [-0.25, -0.2) is 4.99 Å². The Bertz CT molecular complexity index is 438. The van der Waals surface area contributed by atoms with Crippen molar-refractivity contribution in [1.29, 1.82) is 0 Å². The van der Waals surface area contributed by atoms with Gasteiger partial charge in [0, 0.05) is 12.3 Å². The standard InChI is InChI=1S/C10H9N3/c1-7-5-12-9-3-4-11-6-13-10(9)8(7)2/h3,5-6H,1-2H3. The Morgan fingerprint density at radius 3 is 3.00 bits per heavy atom. The van der Waals surface area contributed by atoms with Gasteiger partial charge in [0.25, 0.3) is 0 Å². The Morgan fingerprint density at radius 2 is 2.15 bits per heavy atom. The van der Waals surface area contributed by atoms with Gasteiger partial charge >= 0.3 is 0 Å². The molecule has 13 heavy (non-hydrogen) atoms. The molecule has 0 atom stereocenters. The summed E-state index contributed by atoms with van der Waals surface area (Å²) in [6.45, 7) is 4.06. The molecule has 0 saturated heterocycles. The molecule has 0 saturated carbocycles. The maximum Gasteiger partial charge on any atom is 0.126 e. The van der Waals surface area contributed by atoms with E-state index in [0.717, 1.165) is 22.5 Å². The second-order valence-electron chi connectivity index (χ2n) is 2.95. The largest absolute Gasteiger partial charge is 0.254 e. The summed E-state index contributed by atoms with van der Waals surface area (Å²) in [5.74, 6) is 2.74. The summed E-state index contributed by atoms with van der Waals surface area (Å²) in [5, 5.41) is 0. The van der Waals surface area contributed by atoms with Crippen LogP contribution in [-0.2, 0) is 0 Å². The van der Waals surface area contributed by atoms with Crippen LogP contribution in [0.5, 0.6) is 0 Å². The predicted molar refractivity (Wildman–Crippen MR) is 53.8 cm³/mol. The van der Waals surface area contributed by atoms with Crippen molar-refractivity contribution >= 4 is 24.0 Å². The number of aryl methyl sites for hydroxylation is 1. The first-order valence-electron chi connectivity index (χ1n) is 4.06. The third kappa shape index (κ3) is 1.30. The van der Waals surface area contributed by atoms with Gasteiger partial charge in [-0.05, 0) is 30.8 Å². The molecule has 1 aromatic rings. The van der Waals surface area contributed by atoms with Crippen molar-refractivity contribution in [2.45, 2.75) is 13.8 Å². The molecule has 1 aliphatic rings. The summed E-state index contributed by atoms with van der Waals surface area (Å²) in [7, 11) is 0. The first kappa shape index (κ1) is 7.90. The maximum atomic E-state index is 4.25. The van der Waals surface area contributed by atoms with Crippen molar-refractivity contribution in [2.75, 3.05) is 0 Å². The second kappa shape index (κ2) is 2.96. The summed E-state index contributed by atoms with van der Waals surface area (Å²) in [6, 6.07) is 0. The SMILES string of the molecule is Cc1cnc2c(c1C)N=CN=C=C2. The number of nitrogens with zero attached hydrogens (tertiary/aromatic N) is 3. The van der Waals surface area contributed by atoms with E-state index in [9.17, 15) is 0 Å². The molecular formula is C10H9N3. The van der Waals surface area contributed by atoms with Gasteiger partial charge < -0.3 is 0 Å². The number of pyridine rings is 1. The first-order chi connectivity index (χ1) is 6.29. The molecule has 0 amide bonds. The van der Waals surface area contributed by atoms with Gasteiger partial charge in [0.1, 0.15) is 6.34 Å². The molecule has 2 heterocycles. The Hall–Kier alpha value is -1.73. The molecule has 0 unspecified atom stereocenters. The summed E-state index contributed by atoms with van der Waals surface area (Å²) < 4.78 is 0. The predicted octanol–water partition coefficient (Wildman–Crippen LogP) is 2.05. The number of hydrogen-bond donors (Lipinski definition) is 0. The highest BCUT2D eigenvalue weighted by molar-refractivity contribution is 5.89. The molecule has 0 fully saturated rings. The van der Waals surface area contributed by atoms with Crippen LogP contribution in [0.25, 0.3) is 6.08 Å². The van der Waals surface area contributed by atoms with Crippen LogP contribution in [-0.4, -0.2) is 17.2 Å². The lowest BCUT2D eigenvalue weighted by Gasteiger charge is -2.04. The van der Waals surface area contributed by atoms with E-state index < -0.39 is 0 Å². The van der Waals surface area contributed by atoms with Gasteiger partial charge in [-0.1, -0.05) is 0 Å². The zero-order chi connectivity index (χ0) is 9.26. The minimum absolute atomic E-state index is 0.834. The van der Waals surface area contributed by atoms with Crippen LogP contribution in [0.2, 0.25) is 0 Å². The van der Waals surface area contributed by atoms with Crippen LogP contribution >= 0.6 is 0 Å². The summed E-state index contributed by atoms with van der Waals surface area (Å²) in [5.41, 5.74) is 4.02. The van der Waals surface area contributed by atoms with E-state index in [1.165, 1.54) is 6.34 Å². The fourth-order valence-corrected chi connectivity index (χ4v) is 1.19. The number of aromatic nitrogens is 1. The Balaban J connectivity index is 2.74. The lowest BCUT2D eigenvalue weighted by molar-refractivity contribution is 1.18. The molecule has 64 valence electrons. The normalized spacial score (nSPS) is 12.8. The van der Waals surface area contributed by atoms with E-state index in [1.807, 2.05) is 20.0 Å². The number of rotatable bonds is 0. The molecule has 0 N–H and O–H groups in total. The summed E-state index contributed by atoms with van der Waals surface area (Å²) in [6.07, 6.45) is 5.08. The molecule has 0 aliphatic carbocycles. The lowest BCUT2D eigenvalue weighted by atomic mass is 10.1. The smallest absolute Gasteiger partial charge is 0.126 e. The molecular weight excluding hydrogens is 162 g/mol. The van der Waals surface area contributed by atoms with Crippen molar-refractivity contribution in [3.05, 3.63) is 23.0 Å². The van der Waals surface area contributed by atoms with Gasteiger partial charge in [0.05, 0.1) is 11.4 Å². The molecule has 0 radical (unpaired) electrons. The van der Waals surface area contributed by atoms with Gasteiger partial charge in [-0.15, -0.1) is 0 Å². The third-order valence-corrected chi connectivity index (χ3v) is 2.11. The quantitative estimate of drug-likeness (QED) is 0.588. The molecule has 2 rings (SSSR count). The van der Waals surface area contributed by atoms with E-state index in [4.69, 9.17) is 0 Å². The topological polar surface area (TPSA) is 37.6 Å². The lowest BCUT2D eigenvalue weighted by Crippen LogP contribution is -1.89. The highest BCUT2D eigenvalue weighted by Crippen LogP contribution is 2.25. The van der Waals surface area contributed by atoms with Crippen LogP contribution in [0.15, 0.2) is 16.2 Å². The van der Waals surface area contributed by atoms with Gasteiger partial charge in [0.15, 0.2) is 0 Å². The van der Waals surface area contributed by atoms with E-state index >= 15 is 0 Å². The molecule has 1 aliphatic heterocycles. The molecule has 0 spiro atoms. The third-order valence-electron chi connectivity index (χ3n) is 2.11. The minimum Gasteiger partial charge on any atom is -0.254 e. The zero-order valence-electron chi connectivity index (χ0n) is 7.57. The Kier molecular flexibility index (Phi) is 1.80. The fraction of sp³-hybridized carbons (Fsp3) is 0.200. The van der Waals surface area contributed by atoms with Crippen LogP contribution in [0.4, 0.5) is 5.69 Å². The van der Waals surface area contributed by atoms with E-state index in [2.05, 4.69) is 20.8 Å². The van der Waals surface area contributed by atoms with Crippen molar-refractivity contribution in [3.63, 3.8) is 0 Å². The molecule has 0 aromatic carbocycles. The van der Waals surface area contributed by atoms with E-state index in [-0.39, 0.29) is 0 Å². The van der Waals surface area contributed by atoms with E-state index in [0.29, 0.717) is 0 Å². The van der Waals surface area contributed by atoms with Crippen molar-refractivity contribution in [1.82, 2.24) is 4.98 Å². The number of fused-ring (bicyclic) bond motifs is 1. The van der Waals surface area contributed by atoms with Crippen LogP contribution in [0.3, 0.4) is 0 Å². The molecule has 1 aromatic heterocycles. The maximum absolute atomic E-state index is 4.25. The van der Waals surface area contributed by atoms with Crippen molar-refractivity contribution in [2.24, 2.45) is 9.98 Å². The van der Waals surface area contributed by atoms with Crippen LogP contribution < -0.4 is 0 Å². The molecule has 3 heteroatoms. The average Bonchev–Trinajstić information content (AvgIpc) is 2.36. The van der Waals surface area contributed by atoms with Gasteiger partial charge in [0.2, 0.25) is 0 Å². The highest BCUT2D eigenvalue weighted by atomic mass is 14.9. The Labute approximate surface area is 76.6 Å². The first-order valence-corrected chi connectivity index (χ1v) is 4.06. The molecule has 0 bridgehead atoms. The monoisotopic (exact) mass is 171 g/mol. The Morgan fingerprint density at radius 1 is 1.31 bits per heavy atom.